The van der Waals surface area contributed by atoms with Crippen molar-refractivity contribution < 1.29 is 35.9 Å². The van der Waals surface area contributed by atoms with E-state index >= 15 is 0 Å². The molecule has 2 rings (SSSR count). The van der Waals surface area contributed by atoms with Crippen LogP contribution in [0.2, 0.25) is 0 Å². The van der Waals surface area contributed by atoms with Gasteiger partial charge in [-0.15, -0.1) is 11.3 Å². The first kappa shape index (κ1) is 21.8. The first-order valence-corrected chi connectivity index (χ1v) is 9.86. The first-order valence-electron chi connectivity index (χ1n) is 7.54. The number of hydrogen-bond acceptors (Lipinski definition) is 6. The highest BCUT2D eigenvalue weighted by molar-refractivity contribution is 7.89. The van der Waals surface area contributed by atoms with E-state index < -0.39 is 33.7 Å². The molecule has 6 nitrogen and oxygen atoms in total. The molecule has 0 N–H and O–H groups in total. The summed E-state index contributed by atoms with van der Waals surface area (Å²) in [6, 6.07) is 7.01. The number of benzene rings is 1. The van der Waals surface area contributed by atoms with Gasteiger partial charge < -0.3 is 4.74 Å². The summed E-state index contributed by atoms with van der Waals surface area (Å²) in [5.41, 5.74) is -0.309. The standard InChI is InChI=1S/C17H14F3NO5S2/c1-21(2)28(24,25)12-7-5-11(6-8-12)16(23)26-15(17(18,19)20)10-13(22)14-4-3-9-27-14/h3-10H,1-2H3/b15-10-. The van der Waals surface area contributed by atoms with Gasteiger partial charge in [0, 0.05) is 20.2 Å². The summed E-state index contributed by atoms with van der Waals surface area (Å²) in [4.78, 5) is 23.8. The van der Waals surface area contributed by atoms with Crippen LogP contribution < -0.4 is 0 Å². The molecule has 1 aromatic heterocycles. The van der Waals surface area contributed by atoms with Crippen molar-refractivity contribution in [2.45, 2.75) is 11.1 Å². The van der Waals surface area contributed by atoms with E-state index in [-0.39, 0.29) is 21.4 Å². The SMILES string of the molecule is CN(C)S(=O)(=O)c1ccc(C(=O)O/C(=C\C(=O)c2cccs2)C(F)(F)F)cc1. The Labute approximate surface area is 162 Å². The molecule has 0 saturated heterocycles. The third-order valence-electron chi connectivity index (χ3n) is 3.38. The van der Waals surface area contributed by atoms with Crippen molar-refractivity contribution in [2.24, 2.45) is 0 Å². The van der Waals surface area contributed by atoms with Crippen LogP contribution in [0.5, 0.6) is 0 Å². The van der Waals surface area contributed by atoms with Gasteiger partial charge >= 0.3 is 12.1 Å². The van der Waals surface area contributed by atoms with Crippen molar-refractivity contribution in [3.8, 4) is 0 Å². The fourth-order valence-corrected chi connectivity index (χ4v) is 3.45. The average Bonchev–Trinajstić information content (AvgIpc) is 3.15. The minimum atomic E-state index is -5.07. The Morgan fingerprint density at radius 3 is 2.18 bits per heavy atom. The zero-order valence-electron chi connectivity index (χ0n) is 14.6. The van der Waals surface area contributed by atoms with Gasteiger partial charge in [0.1, 0.15) is 0 Å². The smallest absolute Gasteiger partial charge is 0.418 e. The second-order valence-electron chi connectivity index (χ2n) is 5.55. The van der Waals surface area contributed by atoms with Crippen LogP contribution in [-0.4, -0.2) is 44.7 Å². The second kappa shape index (κ2) is 8.25. The number of carbonyl (C=O) groups excluding carboxylic acids is 2. The molecule has 0 aliphatic heterocycles. The number of ketones is 1. The molecule has 28 heavy (non-hydrogen) atoms. The third kappa shape index (κ3) is 5.06. The Morgan fingerprint density at radius 1 is 1.11 bits per heavy atom. The molecule has 0 atom stereocenters. The molecule has 0 aliphatic carbocycles. The number of carbonyl (C=O) groups is 2. The molecule has 1 heterocycles. The number of thiophene rings is 1. The number of esters is 1. The molecule has 0 spiro atoms. The summed E-state index contributed by atoms with van der Waals surface area (Å²) in [5, 5.41) is 1.52. The molecule has 0 amide bonds. The molecule has 2 aromatic rings. The molecule has 1 aromatic carbocycles. The summed E-state index contributed by atoms with van der Waals surface area (Å²) in [7, 11) is -1.14. The normalized spacial score (nSPS) is 12.9. The minimum absolute atomic E-state index is 0.0519. The predicted molar refractivity (Wildman–Crippen MR) is 95.5 cm³/mol. The minimum Gasteiger partial charge on any atom is -0.418 e. The molecular formula is C17H14F3NO5S2. The van der Waals surface area contributed by atoms with E-state index in [4.69, 9.17) is 0 Å². The molecule has 0 fully saturated rings. The molecule has 0 aliphatic rings. The number of allylic oxidation sites excluding steroid dienone is 2. The van der Waals surface area contributed by atoms with Gasteiger partial charge in [0.2, 0.25) is 15.8 Å². The maximum Gasteiger partial charge on any atom is 0.449 e. The van der Waals surface area contributed by atoms with Crippen LogP contribution in [0.4, 0.5) is 13.2 Å². The van der Waals surface area contributed by atoms with Crippen molar-refractivity contribution >= 4 is 33.1 Å². The van der Waals surface area contributed by atoms with Crippen LogP contribution in [0.15, 0.2) is 58.5 Å². The van der Waals surface area contributed by atoms with Crippen molar-refractivity contribution in [3.63, 3.8) is 0 Å². The molecule has 0 radical (unpaired) electrons. The van der Waals surface area contributed by atoms with Gasteiger partial charge in [-0.2, -0.15) is 13.2 Å². The number of rotatable bonds is 6. The summed E-state index contributed by atoms with van der Waals surface area (Å²) in [5.74, 6) is -4.10. The Balaban J connectivity index is 2.26. The van der Waals surface area contributed by atoms with E-state index in [1.165, 1.54) is 31.6 Å². The highest BCUT2D eigenvalue weighted by atomic mass is 32.2. The lowest BCUT2D eigenvalue weighted by Gasteiger charge is -2.13. The van der Waals surface area contributed by atoms with Crippen molar-refractivity contribution in [2.75, 3.05) is 14.1 Å². The van der Waals surface area contributed by atoms with E-state index in [1.807, 2.05) is 0 Å². The maximum atomic E-state index is 13.1. The zero-order chi connectivity index (χ0) is 21.1. The lowest BCUT2D eigenvalue weighted by atomic mass is 10.2. The monoisotopic (exact) mass is 433 g/mol. The van der Waals surface area contributed by atoms with E-state index in [9.17, 15) is 31.2 Å². The molecule has 0 unspecified atom stereocenters. The summed E-state index contributed by atoms with van der Waals surface area (Å²) in [6.07, 6.45) is -4.87. The Kier molecular flexibility index (Phi) is 6.42. The summed E-state index contributed by atoms with van der Waals surface area (Å²) >= 11 is 0.942. The van der Waals surface area contributed by atoms with Crippen LogP contribution >= 0.6 is 11.3 Å². The second-order valence-corrected chi connectivity index (χ2v) is 8.65. The number of hydrogen-bond donors (Lipinski definition) is 0. The van der Waals surface area contributed by atoms with Crippen LogP contribution in [0.3, 0.4) is 0 Å². The van der Waals surface area contributed by atoms with Gasteiger partial charge in [0.15, 0.2) is 5.78 Å². The number of sulfonamides is 1. The molecule has 0 bridgehead atoms. The van der Waals surface area contributed by atoms with Gasteiger partial charge in [-0.25, -0.2) is 17.5 Å². The van der Waals surface area contributed by atoms with Crippen molar-refractivity contribution in [3.05, 3.63) is 64.1 Å². The first-order chi connectivity index (χ1) is 12.9. The molecular weight excluding hydrogens is 419 g/mol. The fraction of sp³-hybridized carbons (Fsp3) is 0.176. The highest BCUT2D eigenvalue weighted by Gasteiger charge is 2.38. The maximum absolute atomic E-state index is 13.1. The highest BCUT2D eigenvalue weighted by Crippen LogP contribution is 2.28. The third-order valence-corrected chi connectivity index (χ3v) is 6.09. The molecule has 150 valence electrons. The molecule has 11 heteroatoms. The number of nitrogens with zero attached hydrogens (tertiary/aromatic N) is 1. The Bertz CT molecular complexity index is 992. The van der Waals surface area contributed by atoms with E-state index in [0.29, 0.717) is 0 Å². The number of alkyl halides is 3. The molecule has 0 saturated carbocycles. The zero-order valence-corrected chi connectivity index (χ0v) is 16.2. The van der Waals surface area contributed by atoms with Gasteiger partial charge in [-0.05, 0) is 35.7 Å². The van der Waals surface area contributed by atoms with Gasteiger partial charge in [-0.1, -0.05) is 6.07 Å². The summed E-state index contributed by atoms with van der Waals surface area (Å²) < 4.78 is 68.6. The van der Waals surface area contributed by atoms with Crippen molar-refractivity contribution in [1.82, 2.24) is 4.31 Å². The van der Waals surface area contributed by atoms with Gasteiger partial charge in [-0.3, -0.25) is 4.79 Å². The van der Waals surface area contributed by atoms with Crippen LogP contribution in [0, 0.1) is 0 Å². The summed E-state index contributed by atoms with van der Waals surface area (Å²) in [6.45, 7) is 0. The van der Waals surface area contributed by atoms with Gasteiger partial charge in [0.25, 0.3) is 0 Å². The van der Waals surface area contributed by atoms with Crippen LogP contribution in [0.1, 0.15) is 20.0 Å². The topological polar surface area (TPSA) is 80.8 Å². The van der Waals surface area contributed by atoms with Gasteiger partial charge in [0.05, 0.1) is 15.3 Å². The van der Waals surface area contributed by atoms with Crippen LogP contribution in [-0.2, 0) is 14.8 Å². The van der Waals surface area contributed by atoms with E-state index in [0.717, 1.165) is 39.9 Å². The Morgan fingerprint density at radius 2 is 1.71 bits per heavy atom. The van der Waals surface area contributed by atoms with E-state index in [2.05, 4.69) is 4.74 Å². The average molecular weight is 433 g/mol. The van der Waals surface area contributed by atoms with Crippen molar-refractivity contribution in [1.29, 1.82) is 0 Å². The quantitative estimate of drug-likeness (QED) is 0.302. The lowest BCUT2D eigenvalue weighted by Crippen LogP contribution is -2.22. The lowest BCUT2D eigenvalue weighted by molar-refractivity contribution is -0.122. The fourth-order valence-electron chi connectivity index (χ4n) is 1.91. The van der Waals surface area contributed by atoms with E-state index in [1.54, 1.807) is 0 Å². The van der Waals surface area contributed by atoms with Crippen LogP contribution in [0.25, 0.3) is 0 Å². The Hall–Kier alpha value is -2.50. The number of ether oxygens (including phenoxy) is 1. The largest absolute Gasteiger partial charge is 0.449 e. The number of halogens is 3. The predicted octanol–water partition coefficient (Wildman–Crippen LogP) is 3.48.